The molecule has 0 spiro atoms. The number of halogens is 2. The molecule has 88 valence electrons. The van der Waals surface area contributed by atoms with Crippen molar-refractivity contribution in [2.24, 2.45) is 0 Å². The van der Waals surface area contributed by atoms with Gasteiger partial charge in [-0.25, -0.2) is 4.98 Å². The molecule has 0 saturated heterocycles. The second kappa shape index (κ2) is 4.82. The second-order valence-electron chi connectivity index (χ2n) is 3.99. The summed E-state index contributed by atoms with van der Waals surface area (Å²) in [5, 5.41) is 1.11. The third-order valence-electron chi connectivity index (χ3n) is 2.81. The molecule has 0 aliphatic heterocycles. The Bertz CT molecular complexity index is 708. The molecular weight excluding hydrogens is 354 g/mol. The molecule has 18 heavy (non-hydrogen) atoms. The summed E-state index contributed by atoms with van der Waals surface area (Å²) in [5.74, 6) is 0. The predicted molar refractivity (Wildman–Crippen MR) is 82.6 cm³/mol. The van der Waals surface area contributed by atoms with Gasteiger partial charge in [0.15, 0.2) is 0 Å². The van der Waals surface area contributed by atoms with E-state index in [2.05, 4.69) is 56.1 Å². The van der Waals surface area contributed by atoms with Crippen LogP contribution >= 0.6 is 31.9 Å². The van der Waals surface area contributed by atoms with E-state index in [0.717, 1.165) is 31.1 Å². The van der Waals surface area contributed by atoms with E-state index < -0.39 is 0 Å². The van der Waals surface area contributed by atoms with Crippen LogP contribution in [-0.4, -0.2) is 4.98 Å². The number of benzene rings is 2. The summed E-state index contributed by atoms with van der Waals surface area (Å²) in [6.45, 7) is 0. The van der Waals surface area contributed by atoms with Gasteiger partial charge in [0.2, 0.25) is 0 Å². The highest BCUT2D eigenvalue weighted by molar-refractivity contribution is 9.11. The molecule has 0 aliphatic carbocycles. The molecule has 0 radical (unpaired) electrons. The van der Waals surface area contributed by atoms with E-state index in [1.54, 1.807) is 0 Å². The highest BCUT2D eigenvalue weighted by Crippen LogP contribution is 2.31. The van der Waals surface area contributed by atoms with E-state index in [-0.39, 0.29) is 0 Å². The van der Waals surface area contributed by atoms with Gasteiger partial charge in [0.25, 0.3) is 0 Å². The van der Waals surface area contributed by atoms with Gasteiger partial charge in [-0.05, 0) is 28.1 Å². The van der Waals surface area contributed by atoms with Crippen LogP contribution in [0, 0.1) is 0 Å². The quantitative estimate of drug-likeness (QED) is 0.562. The van der Waals surface area contributed by atoms with E-state index in [9.17, 15) is 0 Å². The standard InChI is InChI=1S/C15H9Br2N/c16-12-8-4-7-11-13(17)9-14(18-15(11)12)10-5-2-1-3-6-10/h1-9H. The Hall–Kier alpha value is -1.19. The van der Waals surface area contributed by atoms with Gasteiger partial charge in [0.05, 0.1) is 11.2 Å². The molecule has 0 amide bonds. The van der Waals surface area contributed by atoms with Crippen LogP contribution in [0.4, 0.5) is 0 Å². The summed E-state index contributed by atoms with van der Waals surface area (Å²) in [7, 11) is 0. The molecule has 1 aromatic heterocycles. The number of hydrogen-bond acceptors (Lipinski definition) is 1. The first-order chi connectivity index (χ1) is 8.75. The Kier molecular flexibility index (Phi) is 3.18. The summed E-state index contributed by atoms with van der Waals surface area (Å²) in [6, 6.07) is 18.3. The SMILES string of the molecule is Brc1cc(-c2ccccc2)nc2c(Br)cccc12. The third kappa shape index (κ3) is 2.08. The molecule has 0 saturated carbocycles. The monoisotopic (exact) mass is 361 g/mol. The molecule has 2 aromatic carbocycles. The number of aromatic nitrogens is 1. The normalized spacial score (nSPS) is 10.8. The minimum atomic E-state index is 0.974. The zero-order valence-corrected chi connectivity index (χ0v) is 12.6. The van der Waals surface area contributed by atoms with Gasteiger partial charge >= 0.3 is 0 Å². The topological polar surface area (TPSA) is 12.9 Å². The first-order valence-corrected chi connectivity index (χ1v) is 7.14. The Labute approximate surface area is 122 Å². The summed E-state index contributed by atoms with van der Waals surface area (Å²) >= 11 is 7.17. The van der Waals surface area contributed by atoms with Crippen molar-refractivity contribution in [3.63, 3.8) is 0 Å². The summed E-state index contributed by atoms with van der Waals surface area (Å²) in [6.07, 6.45) is 0. The molecule has 3 rings (SSSR count). The van der Waals surface area contributed by atoms with Crippen LogP contribution in [0.1, 0.15) is 0 Å². The van der Waals surface area contributed by atoms with Crippen molar-refractivity contribution in [3.8, 4) is 11.3 Å². The number of rotatable bonds is 1. The number of fused-ring (bicyclic) bond motifs is 1. The first kappa shape index (κ1) is 11.9. The molecule has 1 nitrogen and oxygen atoms in total. The van der Waals surface area contributed by atoms with Crippen molar-refractivity contribution in [1.29, 1.82) is 0 Å². The second-order valence-corrected chi connectivity index (χ2v) is 5.70. The van der Waals surface area contributed by atoms with Crippen molar-refractivity contribution < 1.29 is 0 Å². The average Bonchev–Trinajstić information content (AvgIpc) is 2.41. The maximum absolute atomic E-state index is 4.73. The smallest absolute Gasteiger partial charge is 0.0862 e. The van der Waals surface area contributed by atoms with Crippen molar-refractivity contribution in [2.45, 2.75) is 0 Å². The maximum atomic E-state index is 4.73. The Morgan fingerprint density at radius 3 is 2.33 bits per heavy atom. The lowest BCUT2D eigenvalue weighted by Crippen LogP contribution is -1.87. The van der Waals surface area contributed by atoms with E-state index in [1.165, 1.54) is 0 Å². The number of para-hydroxylation sites is 1. The van der Waals surface area contributed by atoms with Crippen LogP contribution in [0.5, 0.6) is 0 Å². The minimum Gasteiger partial charge on any atom is -0.247 e. The molecule has 0 unspecified atom stereocenters. The summed E-state index contributed by atoms with van der Waals surface area (Å²) < 4.78 is 2.08. The van der Waals surface area contributed by atoms with Gasteiger partial charge in [-0.15, -0.1) is 0 Å². The van der Waals surface area contributed by atoms with E-state index in [0.29, 0.717) is 0 Å². The summed E-state index contributed by atoms with van der Waals surface area (Å²) in [4.78, 5) is 4.73. The van der Waals surface area contributed by atoms with Crippen LogP contribution < -0.4 is 0 Å². The molecule has 3 heteroatoms. The van der Waals surface area contributed by atoms with Crippen LogP contribution in [-0.2, 0) is 0 Å². The van der Waals surface area contributed by atoms with Gasteiger partial charge in [0.1, 0.15) is 0 Å². The highest BCUT2D eigenvalue weighted by Gasteiger charge is 2.07. The zero-order valence-electron chi connectivity index (χ0n) is 9.40. The van der Waals surface area contributed by atoms with Crippen molar-refractivity contribution >= 4 is 42.8 Å². The van der Waals surface area contributed by atoms with Crippen LogP contribution in [0.15, 0.2) is 63.5 Å². The van der Waals surface area contributed by atoms with E-state index in [1.807, 2.05) is 30.3 Å². The van der Waals surface area contributed by atoms with Gasteiger partial charge in [0, 0.05) is 19.9 Å². The molecule has 1 heterocycles. The van der Waals surface area contributed by atoms with Gasteiger partial charge in [-0.3, -0.25) is 0 Å². The molecule has 3 aromatic rings. The molecule has 0 aliphatic rings. The fourth-order valence-corrected chi connectivity index (χ4v) is 2.92. The average molecular weight is 363 g/mol. The van der Waals surface area contributed by atoms with Crippen molar-refractivity contribution in [2.75, 3.05) is 0 Å². The highest BCUT2D eigenvalue weighted by atomic mass is 79.9. The lowest BCUT2D eigenvalue weighted by atomic mass is 10.1. The number of nitrogens with zero attached hydrogens (tertiary/aromatic N) is 1. The lowest BCUT2D eigenvalue weighted by molar-refractivity contribution is 1.38. The van der Waals surface area contributed by atoms with E-state index in [4.69, 9.17) is 4.98 Å². The molecule has 0 N–H and O–H groups in total. The van der Waals surface area contributed by atoms with Gasteiger partial charge in [-0.2, -0.15) is 0 Å². The zero-order chi connectivity index (χ0) is 12.5. The molecule has 0 bridgehead atoms. The minimum absolute atomic E-state index is 0.974. The van der Waals surface area contributed by atoms with Gasteiger partial charge in [-0.1, -0.05) is 58.4 Å². The van der Waals surface area contributed by atoms with Crippen molar-refractivity contribution in [3.05, 3.63) is 63.5 Å². The molecule has 0 fully saturated rings. The van der Waals surface area contributed by atoms with Crippen LogP contribution in [0.3, 0.4) is 0 Å². The van der Waals surface area contributed by atoms with Gasteiger partial charge < -0.3 is 0 Å². The molecular formula is C15H9Br2N. The Balaban J connectivity index is 2.31. The van der Waals surface area contributed by atoms with Crippen LogP contribution in [0.25, 0.3) is 22.2 Å². The number of hydrogen-bond donors (Lipinski definition) is 0. The lowest BCUT2D eigenvalue weighted by Gasteiger charge is -2.07. The predicted octanol–water partition coefficient (Wildman–Crippen LogP) is 5.43. The first-order valence-electron chi connectivity index (χ1n) is 5.56. The Morgan fingerprint density at radius 2 is 1.56 bits per heavy atom. The maximum Gasteiger partial charge on any atom is 0.0862 e. The molecule has 0 atom stereocenters. The third-order valence-corrected chi connectivity index (χ3v) is 4.11. The van der Waals surface area contributed by atoms with Crippen molar-refractivity contribution in [1.82, 2.24) is 4.98 Å². The summed E-state index contributed by atoms with van der Waals surface area (Å²) in [5.41, 5.74) is 3.07. The van der Waals surface area contributed by atoms with Crippen LogP contribution in [0.2, 0.25) is 0 Å². The largest absolute Gasteiger partial charge is 0.247 e. The Morgan fingerprint density at radius 1 is 0.778 bits per heavy atom. The number of pyridine rings is 1. The van der Waals surface area contributed by atoms with E-state index >= 15 is 0 Å². The fraction of sp³-hybridized carbons (Fsp3) is 0. The fourth-order valence-electron chi connectivity index (χ4n) is 1.93.